The number of unbranched alkanes of at least 4 members (excludes halogenated alkanes) is 2. The van der Waals surface area contributed by atoms with Gasteiger partial charge in [0.25, 0.3) is 0 Å². The SMILES string of the molecule is COC(=O)CCCCC[C@@H](N)[C@@H](C)N1C(=O)OC[C@H]1c1ccccc1. The highest BCUT2D eigenvalue weighted by Gasteiger charge is 2.39. The number of methoxy groups -OCH3 is 1. The molecule has 1 aliphatic heterocycles. The van der Waals surface area contributed by atoms with Gasteiger partial charge in [-0.1, -0.05) is 43.2 Å². The van der Waals surface area contributed by atoms with Gasteiger partial charge >= 0.3 is 12.1 Å². The predicted octanol–water partition coefficient (Wildman–Crippen LogP) is 3.02. The van der Waals surface area contributed by atoms with Crippen LogP contribution in [0.15, 0.2) is 30.3 Å². The topological polar surface area (TPSA) is 81.9 Å². The molecule has 1 fully saturated rings. The minimum atomic E-state index is -0.303. The Bertz CT molecular complexity index is 564. The molecular formula is C19H28N2O4. The average molecular weight is 348 g/mol. The maximum absolute atomic E-state index is 12.2. The lowest BCUT2D eigenvalue weighted by molar-refractivity contribution is -0.140. The summed E-state index contributed by atoms with van der Waals surface area (Å²) in [5, 5.41) is 0. The summed E-state index contributed by atoms with van der Waals surface area (Å²) in [6.45, 7) is 2.33. The lowest BCUT2D eigenvalue weighted by Gasteiger charge is -2.32. The van der Waals surface area contributed by atoms with Gasteiger partial charge < -0.3 is 15.2 Å². The molecule has 2 rings (SSSR count). The van der Waals surface area contributed by atoms with Gasteiger partial charge in [-0.05, 0) is 25.3 Å². The molecule has 6 nitrogen and oxygen atoms in total. The first-order valence-electron chi connectivity index (χ1n) is 8.87. The van der Waals surface area contributed by atoms with Crippen LogP contribution in [-0.2, 0) is 14.3 Å². The van der Waals surface area contributed by atoms with E-state index in [1.807, 2.05) is 37.3 Å². The van der Waals surface area contributed by atoms with Crippen LogP contribution in [0.4, 0.5) is 4.79 Å². The van der Waals surface area contributed by atoms with E-state index in [9.17, 15) is 9.59 Å². The van der Waals surface area contributed by atoms with E-state index >= 15 is 0 Å². The Kier molecular flexibility index (Phi) is 7.25. The largest absolute Gasteiger partial charge is 0.469 e. The van der Waals surface area contributed by atoms with Crippen molar-refractivity contribution in [2.75, 3.05) is 13.7 Å². The molecule has 0 bridgehead atoms. The zero-order valence-corrected chi connectivity index (χ0v) is 15.0. The third kappa shape index (κ3) is 5.19. The third-order valence-electron chi connectivity index (χ3n) is 4.80. The molecule has 1 amide bonds. The zero-order chi connectivity index (χ0) is 18.2. The maximum atomic E-state index is 12.2. The first kappa shape index (κ1) is 19.2. The minimum Gasteiger partial charge on any atom is -0.469 e. The van der Waals surface area contributed by atoms with E-state index in [0.717, 1.165) is 31.2 Å². The van der Waals surface area contributed by atoms with Crippen molar-refractivity contribution in [1.29, 1.82) is 0 Å². The highest BCUT2D eigenvalue weighted by Crippen LogP contribution is 2.30. The van der Waals surface area contributed by atoms with Crippen molar-refractivity contribution in [1.82, 2.24) is 4.90 Å². The lowest BCUT2D eigenvalue weighted by Crippen LogP contribution is -2.47. The number of carbonyl (C=O) groups is 2. The van der Waals surface area contributed by atoms with Gasteiger partial charge in [0.05, 0.1) is 13.2 Å². The number of esters is 1. The number of cyclic esters (lactones) is 1. The van der Waals surface area contributed by atoms with Crippen LogP contribution in [0.25, 0.3) is 0 Å². The van der Waals surface area contributed by atoms with Crippen molar-refractivity contribution in [2.45, 2.75) is 57.2 Å². The number of carbonyl (C=O) groups excluding carboxylic acids is 2. The van der Waals surface area contributed by atoms with Gasteiger partial charge in [0, 0.05) is 18.5 Å². The molecule has 3 atom stereocenters. The van der Waals surface area contributed by atoms with Crippen LogP contribution >= 0.6 is 0 Å². The predicted molar refractivity (Wildman–Crippen MR) is 94.9 cm³/mol. The standard InChI is InChI=1S/C19H28N2O4/c1-14(16(20)11-7-4-8-12-18(22)24-2)21-17(13-25-19(21)23)15-9-5-3-6-10-15/h3,5-6,9-10,14,16-17H,4,7-8,11-13,20H2,1-2H3/t14-,16-,17+/m1/s1. The lowest BCUT2D eigenvalue weighted by atomic mass is 9.98. The van der Waals surface area contributed by atoms with Crippen molar-refractivity contribution in [3.05, 3.63) is 35.9 Å². The van der Waals surface area contributed by atoms with Crippen molar-refractivity contribution in [3.8, 4) is 0 Å². The Balaban J connectivity index is 1.85. The van der Waals surface area contributed by atoms with Crippen LogP contribution in [0.3, 0.4) is 0 Å². The summed E-state index contributed by atoms with van der Waals surface area (Å²) in [7, 11) is 1.40. The third-order valence-corrected chi connectivity index (χ3v) is 4.80. The van der Waals surface area contributed by atoms with E-state index in [1.165, 1.54) is 7.11 Å². The average Bonchev–Trinajstić information content (AvgIpc) is 3.02. The maximum Gasteiger partial charge on any atom is 0.410 e. The van der Waals surface area contributed by atoms with E-state index in [4.69, 9.17) is 10.5 Å². The molecule has 0 saturated carbocycles. The Morgan fingerprint density at radius 3 is 2.72 bits per heavy atom. The molecule has 138 valence electrons. The van der Waals surface area contributed by atoms with Crippen LogP contribution in [0, 0.1) is 0 Å². The van der Waals surface area contributed by atoms with Crippen LogP contribution in [0.5, 0.6) is 0 Å². The molecule has 0 radical (unpaired) electrons. The zero-order valence-electron chi connectivity index (χ0n) is 15.0. The van der Waals surface area contributed by atoms with Gasteiger partial charge in [-0.2, -0.15) is 0 Å². The molecule has 1 aromatic carbocycles. The molecule has 0 aromatic heterocycles. The Labute approximate surface area is 149 Å². The van der Waals surface area contributed by atoms with Crippen LogP contribution in [-0.4, -0.2) is 42.8 Å². The summed E-state index contributed by atoms with van der Waals surface area (Å²) in [5.41, 5.74) is 7.39. The molecule has 1 saturated heterocycles. The molecule has 1 heterocycles. The molecule has 6 heteroatoms. The van der Waals surface area contributed by atoms with Crippen molar-refractivity contribution in [3.63, 3.8) is 0 Å². The quantitative estimate of drug-likeness (QED) is 0.548. The molecule has 2 N–H and O–H groups in total. The van der Waals surface area contributed by atoms with Gasteiger partial charge in [0.15, 0.2) is 0 Å². The van der Waals surface area contributed by atoms with Crippen molar-refractivity contribution >= 4 is 12.1 Å². The van der Waals surface area contributed by atoms with Crippen LogP contribution in [0.1, 0.15) is 50.6 Å². The van der Waals surface area contributed by atoms with Crippen LogP contribution in [0.2, 0.25) is 0 Å². The van der Waals surface area contributed by atoms with E-state index in [1.54, 1.807) is 4.90 Å². The fourth-order valence-electron chi connectivity index (χ4n) is 3.19. The molecular weight excluding hydrogens is 320 g/mol. The summed E-state index contributed by atoms with van der Waals surface area (Å²) >= 11 is 0. The second-order valence-corrected chi connectivity index (χ2v) is 6.49. The monoisotopic (exact) mass is 348 g/mol. The Morgan fingerprint density at radius 1 is 1.32 bits per heavy atom. The number of benzene rings is 1. The highest BCUT2D eigenvalue weighted by atomic mass is 16.6. The second-order valence-electron chi connectivity index (χ2n) is 6.49. The van der Waals surface area contributed by atoms with Gasteiger partial charge in [0.2, 0.25) is 0 Å². The fourth-order valence-corrected chi connectivity index (χ4v) is 3.19. The van der Waals surface area contributed by atoms with Gasteiger partial charge in [-0.25, -0.2) is 4.79 Å². The number of hydrogen-bond donors (Lipinski definition) is 1. The summed E-state index contributed by atoms with van der Waals surface area (Å²) in [5.74, 6) is -0.178. The molecule has 0 unspecified atom stereocenters. The number of nitrogens with two attached hydrogens (primary N) is 1. The normalized spacial score (nSPS) is 19.4. The molecule has 1 aliphatic rings. The van der Waals surface area contributed by atoms with E-state index in [0.29, 0.717) is 13.0 Å². The summed E-state index contributed by atoms with van der Waals surface area (Å²) in [6, 6.07) is 9.55. The summed E-state index contributed by atoms with van der Waals surface area (Å²) in [4.78, 5) is 25.0. The molecule has 0 spiro atoms. The van der Waals surface area contributed by atoms with Crippen molar-refractivity contribution in [2.24, 2.45) is 5.73 Å². The van der Waals surface area contributed by atoms with Gasteiger partial charge in [-0.15, -0.1) is 0 Å². The fraction of sp³-hybridized carbons (Fsp3) is 0.579. The number of amides is 1. The summed E-state index contributed by atoms with van der Waals surface area (Å²) < 4.78 is 9.89. The van der Waals surface area contributed by atoms with Gasteiger partial charge in [-0.3, -0.25) is 9.69 Å². The smallest absolute Gasteiger partial charge is 0.410 e. The van der Waals surface area contributed by atoms with Crippen molar-refractivity contribution < 1.29 is 19.1 Å². The number of nitrogens with zero attached hydrogens (tertiary/aromatic N) is 1. The first-order valence-corrected chi connectivity index (χ1v) is 8.87. The molecule has 0 aliphatic carbocycles. The van der Waals surface area contributed by atoms with Crippen LogP contribution < -0.4 is 5.73 Å². The first-order chi connectivity index (χ1) is 12.0. The van der Waals surface area contributed by atoms with E-state index in [-0.39, 0.29) is 30.2 Å². The van der Waals surface area contributed by atoms with E-state index < -0.39 is 0 Å². The minimum absolute atomic E-state index is 0.0888. The Morgan fingerprint density at radius 2 is 2.04 bits per heavy atom. The molecule has 25 heavy (non-hydrogen) atoms. The number of ether oxygens (including phenoxy) is 2. The second kappa shape index (κ2) is 9.42. The molecule has 1 aromatic rings. The highest BCUT2D eigenvalue weighted by molar-refractivity contribution is 5.71. The Hall–Kier alpha value is -2.08. The number of hydrogen-bond acceptors (Lipinski definition) is 5. The van der Waals surface area contributed by atoms with Gasteiger partial charge in [0.1, 0.15) is 6.61 Å². The summed E-state index contributed by atoms with van der Waals surface area (Å²) in [6.07, 6.45) is 3.57. The van der Waals surface area contributed by atoms with E-state index in [2.05, 4.69) is 4.74 Å². The number of rotatable bonds is 9.